The molecule has 0 aliphatic heterocycles. The van der Waals surface area contributed by atoms with Gasteiger partial charge in [0.1, 0.15) is 5.56 Å². The average molecular weight is 395 g/mol. The van der Waals surface area contributed by atoms with Crippen LogP contribution < -0.4 is 10.7 Å². The average Bonchev–Trinajstić information content (AvgIpc) is 3.22. The molecule has 0 saturated carbocycles. The Morgan fingerprint density at radius 3 is 2.56 bits per heavy atom. The number of thiophene rings is 1. The molecule has 0 spiro atoms. The number of aromatic nitrogens is 1. The molecule has 4 rings (SSSR count). The van der Waals surface area contributed by atoms with Gasteiger partial charge in [0.05, 0.1) is 6.04 Å². The zero-order valence-corrected chi connectivity index (χ0v) is 15.7. The minimum atomic E-state index is -0.423. The van der Waals surface area contributed by atoms with Crippen LogP contribution in [0.1, 0.15) is 27.5 Å². The van der Waals surface area contributed by atoms with Crippen LogP contribution in [0.4, 0.5) is 0 Å². The van der Waals surface area contributed by atoms with E-state index in [1.807, 2.05) is 35.0 Å². The van der Waals surface area contributed by atoms with Gasteiger partial charge in [-0.2, -0.15) is 11.3 Å². The molecule has 2 N–H and O–H groups in total. The second-order valence-electron chi connectivity index (χ2n) is 6.09. The van der Waals surface area contributed by atoms with E-state index in [0.29, 0.717) is 15.9 Å². The second kappa shape index (κ2) is 7.39. The van der Waals surface area contributed by atoms with Gasteiger partial charge in [-0.25, -0.2) is 0 Å². The van der Waals surface area contributed by atoms with Gasteiger partial charge < -0.3 is 10.3 Å². The van der Waals surface area contributed by atoms with E-state index >= 15 is 0 Å². The van der Waals surface area contributed by atoms with E-state index in [1.165, 1.54) is 6.20 Å². The van der Waals surface area contributed by atoms with Gasteiger partial charge in [0.25, 0.3) is 5.91 Å². The van der Waals surface area contributed by atoms with Crippen LogP contribution in [0, 0.1) is 0 Å². The molecule has 1 amide bonds. The highest BCUT2D eigenvalue weighted by molar-refractivity contribution is 7.08. The van der Waals surface area contributed by atoms with Crippen LogP contribution in [0.3, 0.4) is 0 Å². The number of nitrogens with one attached hydrogen (secondary N) is 2. The molecule has 0 aliphatic rings. The minimum absolute atomic E-state index is 0.0860. The Kier molecular flexibility index (Phi) is 4.79. The third kappa shape index (κ3) is 3.52. The van der Waals surface area contributed by atoms with Crippen LogP contribution in [0.15, 0.2) is 76.3 Å². The first-order valence-corrected chi connectivity index (χ1v) is 9.64. The molecule has 2 heterocycles. The molecular weight excluding hydrogens is 380 g/mol. The Morgan fingerprint density at radius 1 is 1.04 bits per heavy atom. The fourth-order valence-corrected chi connectivity index (χ4v) is 3.81. The number of hydrogen-bond acceptors (Lipinski definition) is 3. The minimum Gasteiger partial charge on any atom is -0.360 e. The Morgan fingerprint density at radius 2 is 1.81 bits per heavy atom. The molecule has 27 heavy (non-hydrogen) atoms. The summed E-state index contributed by atoms with van der Waals surface area (Å²) in [5, 5.41) is 8.02. The fraction of sp³-hybridized carbons (Fsp3) is 0.0476. The van der Waals surface area contributed by atoms with Gasteiger partial charge >= 0.3 is 0 Å². The number of amides is 1. The predicted molar refractivity (Wildman–Crippen MR) is 110 cm³/mol. The molecule has 0 saturated heterocycles. The van der Waals surface area contributed by atoms with Crippen molar-refractivity contribution in [2.45, 2.75) is 6.04 Å². The zero-order valence-electron chi connectivity index (χ0n) is 14.1. The van der Waals surface area contributed by atoms with E-state index in [9.17, 15) is 9.59 Å². The molecule has 134 valence electrons. The van der Waals surface area contributed by atoms with E-state index in [1.54, 1.807) is 41.7 Å². The van der Waals surface area contributed by atoms with E-state index < -0.39 is 5.91 Å². The lowest BCUT2D eigenvalue weighted by Gasteiger charge is -2.18. The second-order valence-corrected chi connectivity index (χ2v) is 7.31. The van der Waals surface area contributed by atoms with Crippen molar-refractivity contribution in [1.82, 2.24) is 10.3 Å². The summed E-state index contributed by atoms with van der Waals surface area (Å²) in [6.45, 7) is 0. The quantitative estimate of drug-likeness (QED) is 0.524. The molecule has 0 bridgehead atoms. The number of rotatable bonds is 4. The molecule has 0 fully saturated rings. The SMILES string of the molecule is O=C(NC(c1ccc(Cl)cc1)c1ccsc1)c1c[nH]c2ccccc2c1=O. The normalized spacial score (nSPS) is 12.0. The predicted octanol–water partition coefficient (Wildman–Crippen LogP) is 4.76. The topological polar surface area (TPSA) is 62.0 Å². The number of aromatic amines is 1. The van der Waals surface area contributed by atoms with E-state index in [-0.39, 0.29) is 17.0 Å². The van der Waals surface area contributed by atoms with Gasteiger partial charge in [0.2, 0.25) is 5.43 Å². The first-order chi connectivity index (χ1) is 13.1. The maximum Gasteiger partial charge on any atom is 0.257 e. The van der Waals surface area contributed by atoms with Crippen molar-refractivity contribution in [3.05, 3.63) is 103 Å². The number of fused-ring (bicyclic) bond motifs is 1. The van der Waals surface area contributed by atoms with Crippen LogP contribution in [0.2, 0.25) is 5.02 Å². The van der Waals surface area contributed by atoms with Crippen molar-refractivity contribution in [3.63, 3.8) is 0 Å². The van der Waals surface area contributed by atoms with Crippen molar-refractivity contribution in [1.29, 1.82) is 0 Å². The first kappa shape index (κ1) is 17.5. The lowest BCUT2D eigenvalue weighted by Crippen LogP contribution is -2.32. The van der Waals surface area contributed by atoms with Gasteiger partial charge in [0, 0.05) is 22.1 Å². The Balaban J connectivity index is 1.71. The largest absolute Gasteiger partial charge is 0.360 e. The van der Waals surface area contributed by atoms with Crippen LogP contribution >= 0.6 is 22.9 Å². The summed E-state index contributed by atoms with van der Waals surface area (Å²) in [5.41, 5.74) is 2.34. The van der Waals surface area contributed by atoms with Crippen molar-refractivity contribution in [2.75, 3.05) is 0 Å². The Bertz CT molecular complexity index is 1150. The van der Waals surface area contributed by atoms with Crippen molar-refractivity contribution >= 4 is 39.7 Å². The van der Waals surface area contributed by atoms with Crippen molar-refractivity contribution in [3.8, 4) is 0 Å². The number of H-pyrrole nitrogens is 1. The lowest BCUT2D eigenvalue weighted by molar-refractivity contribution is 0.0942. The van der Waals surface area contributed by atoms with Gasteiger partial charge in [-0.15, -0.1) is 0 Å². The number of pyridine rings is 1. The highest BCUT2D eigenvalue weighted by Crippen LogP contribution is 2.25. The first-order valence-electron chi connectivity index (χ1n) is 8.32. The summed E-state index contributed by atoms with van der Waals surface area (Å²) < 4.78 is 0. The number of carbonyl (C=O) groups excluding carboxylic acids is 1. The molecule has 1 unspecified atom stereocenters. The summed E-state index contributed by atoms with van der Waals surface area (Å²) in [6.07, 6.45) is 1.46. The molecule has 4 aromatic rings. The summed E-state index contributed by atoms with van der Waals surface area (Å²) >= 11 is 7.54. The van der Waals surface area contributed by atoms with Crippen LogP contribution in [-0.4, -0.2) is 10.9 Å². The maximum atomic E-state index is 12.9. The number of benzene rings is 2. The highest BCUT2D eigenvalue weighted by atomic mass is 35.5. The number of carbonyl (C=O) groups is 1. The molecule has 6 heteroatoms. The third-order valence-electron chi connectivity index (χ3n) is 4.39. The standard InChI is InChI=1S/C21H15ClN2O2S/c22-15-7-5-13(6-8-15)19(14-9-10-27-12-14)24-21(26)17-11-23-18-4-2-1-3-16(18)20(17)25/h1-12,19H,(H,23,25)(H,24,26). The number of hydrogen-bond donors (Lipinski definition) is 2. The summed E-state index contributed by atoms with van der Waals surface area (Å²) in [4.78, 5) is 28.6. The third-order valence-corrected chi connectivity index (χ3v) is 5.34. The van der Waals surface area contributed by atoms with Gasteiger partial charge in [0.15, 0.2) is 0 Å². The maximum absolute atomic E-state index is 12.9. The van der Waals surface area contributed by atoms with E-state index in [4.69, 9.17) is 11.6 Å². The monoisotopic (exact) mass is 394 g/mol. The van der Waals surface area contributed by atoms with Crippen LogP contribution in [-0.2, 0) is 0 Å². The molecular formula is C21H15ClN2O2S. The lowest BCUT2D eigenvalue weighted by atomic mass is 10.0. The van der Waals surface area contributed by atoms with Gasteiger partial charge in [-0.05, 0) is 52.2 Å². The van der Waals surface area contributed by atoms with E-state index in [2.05, 4.69) is 10.3 Å². The molecule has 2 aromatic heterocycles. The summed E-state index contributed by atoms with van der Waals surface area (Å²) in [7, 11) is 0. The van der Waals surface area contributed by atoms with Gasteiger partial charge in [-0.1, -0.05) is 35.9 Å². The van der Waals surface area contributed by atoms with Gasteiger partial charge in [-0.3, -0.25) is 9.59 Å². The van der Waals surface area contributed by atoms with Crippen molar-refractivity contribution in [2.24, 2.45) is 0 Å². The number of halogens is 1. The molecule has 0 aliphatic carbocycles. The van der Waals surface area contributed by atoms with Crippen molar-refractivity contribution < 1.29 is 4.79 Å². The Hall–Kier alpha value is -2.89. The summed E-state index contributed by atoms with van der Waals surface area (Å²) in [6, 6.07) is 16.0. The smallest absolute Gasteiger partial charge is 0.257 e. The molecule has 4 nitrogen and oxygen atoms in total. The van der Waals surface area contributed by atoms with Crippen LogP contribution in [0.5, 0.6) is 0 Å². The molecule has 0 radical (unpaired) electrons. The molecule has 1 atom stereocenters. The van der Waals surface area contributed by atoms with E-state index in [0.717, 1.165) is 11.1 Å². The number of para-hydroxylation sites is 1. The van der Waals surface area contributed by atoms with Crippen LogP contribution in [0.25, 0.3) is 10.9 Å². The molecule has 2 aromatic carbocycles. The highest BCUT2D eigenvalue weighted by Gasteiger charge is 2.20. The zero-order chi connectivity index (χ0) is 18.8. The fourth-order valence-electron chi connectivity index (χ4n) is 3.00. The summed E-state index contributed by atoms with van der Waals surface area (Å²) in [5.74, 6) is -0.423. The Labute approximate surface area is 164 Å².